The number of halogens is 1. The summed E-state index contributed by atoms with van der Waals surface area (Å²) in [5.74, 6) is -2.03. The fourth-order valence-electron chi connectivity index (χ4n) is 2.01. The van der Waals surface area contributed by atoms with Gasteiger partial charge in [-0.1, -0.05) is 6.07 Å². The Labute approximate surface area is 121 Å². The molecular weight excluding hydrogens is 301 g/mol. The molecule has 0 bridgehead atoms. The Balaban J connectivity index is 1.80. The number of carbonyl (C=O) groups is 2. The fourth-order valence-corrected chi connectivity index (χ4v) is 3.68. The SMILES string of the molecule is O=C(COC(=O)c1cccc(F)c1)N[C@@H]1CCS(=O)(=O)C1. The van der Waals surface area contributed by atoms with Crippen molar-refractivity contribution < 1.29 is 27.1 Å². The van der Waals surface area contributed by atoms with Gasteiger partial charge in [0.2, 0.25) is 0 Å². The lowest BCUT2D eigenvalue weighted by Gasteiger charge is -2.11. The first-order valence-electron chi connectivity index (χ1n) is 6.28. The summed E-state index contributed by atoms with van der Waals surface area (Å²) in [6, 6.07) is 4.46. The summed E-state index contributed by atoms with van der Waals surface area (Å²) in [4.78, 5) is 23.1. The van der Waals surface area contributed by atoms with Gasteiger partial charge in [-0.3, -0.25) is 4.79 Å². The van der Waals surface area contributed by atoms with E-state index in [1.165, 1.54) is 18.2 Å². The predicted octanol–water partition coefficient (Wildman–Crippen LogP) is 0.286. The molecule has 1 saturated heterocycles. The first kappa shape index (κ1) is 15.4. The van der Waals surface area contributed by atoms with Crippen molar-refractivity contribution in [3.05, 3.63) is 35.6 Å². The molecule has 1 fully saturated rings. The van der Waals surface area contributed by atoms with Gasteiger partial charge in [-0.2, -0.15) is 0 Å². The van der Waals surface area contributed by atoms with Gasteiger partial charge in [0.15, 0.2) is 16.4 Å². The highest BCUT2D eigenvalue weighted by Crippen LogP contribution is 2.11. The second-order valence-corrected chi connectivity index (χ2v) is 6.98. The van der Waals surface area contributed by atoms with E-state index >= 15 is 0 Å². The molecular formula is C13H14FNO5S. The van der Waals surface area contributed by atoms with Crippen molar-refractivity contribution in [3.63, 3.8) is 0 Å². The van der Waals surface area contributed by atoms with Crippen LogP contribution in [-0.2, 0) is 19.4 Å². The zero-order valence-corrected chi connectivity index (χ0v) is 11.9. The second-order valence-electron chi connectivity index (χ2n) is 4.75. The number of benzene rings is 1. The van der Waals surface area contributed by atoms with E-state index in [0.29, 0.717) is 6.42 Å². The summed E-state index contributed by atoms with van der Waals surface area (Å²) >= 11 is 0. The van der Waals surface area contributed by atoms with E-state index in [0.717, 1.165) is 6.07 Å². The van der Waals surface area contributed by atoms with Gasteiger partial charge in [0.05, 0.1) is 17.1 Å². The van der Waals surface area contributed by atoms with Crippen molar-refractivity contribution in [3.8, 4) is 0 Å². The number of carbonyl (C=O) groups excluding carboxylic acids is 2. The number of ether oxygens (including phenoxy) is 1. The summed E-state index contributed by atoms with van der Waals surface area (Å²) < 4.78 is 40.1. The Hall–Kier alpha value is -1.96. The van der Waals surface area contributed by atoms with Crippen molar-refractivity contribution >= 4 is 21.7 Å². The quantitative estimate of drug-likeness (QED) is 0.807. The molecule has 114 valence electrons. The Bertz CT molecular complexity index is 658. The van der Waals surface area contributed by atoms with Crippen molar-refractivity contribution in [2.75, 3.05) is 18.1 Å². The van der Waals surface area contributed by atoms with Crippen LogP contribution in [0.25, 0.3) is 0 Å². The Morgan fingerprint density at radius 3 is 2.76 bits per heavy atom. The van der Waals surface area contributed by atoms with Gasteiger partial charge in [-0.05, 0) is 24.6 Å². The summed E-state index contributed by atoms with van der Waals surface area (Å²) in [5.41, 5.74) is 0.00578. The fraction of sp³-hybridized carbons (Fsp3) is 0.385. The molecule has 1 aromatic carbocycles. The molecule has 1 amide bonds. The molecule has 1 aromatic rings. The van der Waals surface area contributed by atoms with Crippen molar-refractivity contribution in [2.45, 2.75) is 12.5 Å². The number of nitrogens with one attached hydrogen (secondary N) is 1. The lowest BCUT2D eigenvalue weighted by Crippen LogP contribution is -2.38. The predicted molar refractivity (Wildman–Crippen MR) is 71.9 cm³/mol. The van der Waals surface area contributed by atoms with Crippen LogP contribution in [0.4, 0.5) is 4.39 Å². The smallest absolute Gasteiger partial charge is 0.338 e. The van der Waals surface area contributed by atoms with E-state index in [1.807, 2.05) is 0 Å². The van der Waals surface area contributed by atoms with Crippen LogP contribution < -0.4 is 5.32 Å². The van der Waals surface area contributed by atoms with Crippen LogP contribution in [0, 0.1) is 5.82 Å². The van der Waals surface area contributed by atoms with Crippen LogP contribution in [0.3, 0.4) is 0 Å². The van der Waals surface area contributed by atoms with E-state index in [1.54, 1.807) is 0 Å². The van der Waals surface area contributed by atoms with E-state index in [9.17, 15) is 22.4 Å². The van der Waals surface area contributed by atoms with Gasteiger partial charge in [0.1, 0.15) is 5.82 Å². The monoisotopic (exact) mass is 315 g/mol. The zero-order valence-electron chi connectivity index (χ0n) is 11.0. The van der Waals surface area contributed by atoms with Crippen LogP contribution in [0.5, 0.6) is 0 Å². The molecule has 0 radical (unpaired) electrons. The first-order chi connectivity index (χ1) is 9.85. The molecule has 1 atom stereocenters. The van der Waals surface area contributed by atoms with Crippen molar-refractivity contribution in [1.29, 1.82) is 0 Å². The minimum atomic E-state index is -3.08. The van der Waals surface area contributed by atoms with Crippen molar-refractivity contribution in [1.82, 2.24) is 5.32 Å². The zero-order chi connectivity index (χ0) is 15.5. The number of hydrogen-bond donors (Lipinski definition) is 1. The van der Waals surface area contributed by atoms with E-state index < -0.39 is 40.2 Å². The third kappa shape index (κ3) is 4.52. The van der Waals surface area contributed by atoms with Gasteiger partial charge in [-0.25, -0.2) is 17.6 Å². The third-order valence-corrected chi connectivity index (χ3v) is 4.76. The van der Waals surface area contributed by atoms with Gasteiger partial charge in [0, 0.05) is 6.04 Å². The molecule has 0 saturated carbocycles. The highest BCUT2D eigenvalue weighted by atomic mass is 32.2. The van der Waals surface area contributed by atoms with Crippen LogP contribution >= 0.6 is 0 Å². The van der Waals surface area contributed by atoms with Crippen LogP contribution in [0.15, 0.2) is 24.3 Å². The minimum absolute atomic E-state index is 0.00578. The maximum absolute atomic E-state index is 12.9. The number of amides is 1. The maximum Gasteiger partial charge on any atom is 0.338 e. The summed E-state index contributed by atoms with van der Waals surface area (Å²) in [6.45, 7) is -0.536. The summed E-state index contributed by atoms with van der Waals surface area (Å²) in [6.07, 6.45) is 0.353. The lowest BCUT2D eigenvalue weighted by molar-refractivity contribution is -0.124. The Morgan fingerprint density at radius 2 is 2.14 bits per heavy atom. The summed E-state index contributed by atoms with van der Waals surface area (Å²) in [7, 11) is -3.08. The molecule has 0 aliphatic carbocycles. The average Bonchev–Trinajstić information content (AvgIpc) is 2.75. The van der Waals surface area contributed by atoms with Crippen LogP contribution in [0.2, 0.25) is 0 Å². The first-order valence-corrected chi connectivity index (χ1v) is 8.10. The second kappa shape index (κ2) is 6.21. The molecule has 21 heavy (non-hydrogen) atoms. The van der Waals surface area contributed by atoms with E-state index in [4.69, 9.17) is 4.74 Å². The number of sulfone groups is 1. The molecule has 0 spiro atoms. The maximum atomic E-state index is 12.9. The molecule has 1 aliphatic heterocycles. The Kier molecular flexibility index (Phi) is 4.56. The molecule has 1 aliphatic rings. The molecule has 1 heterocycles. The number of esters is 1. The highest BCUT2D eigenvalue weighted by molar-refractivity contribution is 7.91. The molecule has 8 heteroatoms. The molecule has 0 unspecified atom stereocenters. The molecule has 2 rings (SSSR count). The molecule has 1 N–H and O–H groups in total. The topological polar surface area (TPSA) is 89.5 Å². The average molecular weight is 315 g/mol. The van der Waals surface area contributed by atoms with Crippen LogP contribution in [-0.4, -0.2) is 44.4 Å². The van der Waals surface area contributed by atoms with Crippen LogP contribution in [0.1, 0.15) is 16.8 Å². The largest absolute Gasteiger partial charge is 0.452 e. The number of rotatable bonds is 4. The normalized spacial score (nSPS) is 20.0. The van der Waals surface area contributed by atoms with Gasteiger partial charge >= 0.3 is 5.97 Å². The molecule has 6 nitrogen and oxygen atoms in total. The summed E-state index contributed by atoms with van der Waals surface area (Å²) in [5, 5.41) is 2.48. The Morgan fingerprint density at radius 1 is 1.38 bits per heavy atom. The van der Waals surface area contributed by atoms with Gasteiger partial charge in [0.25, 0.3) is 5.91 Å². The molecule has 0 aromatic heterocycles. The lowest BCUT2D eigenvalue weighted by atomic mass is 10.2. The van der Waals surface area contributed by atoms with Crippen molar-refractivity contribution in [2.24, 2.45) is 0 Å². The standard InChI is InChI=1S/C13H14FNO5S/c14-10-3-1-2-9(6-10)13(17)20-7-12(16)15-11-4-5-21(18,19)8-11/h1-3,6,11H,4-5,7-8H2,(H,15,16)/t11-/m1/s1. The van der Waals surface area contributed by atoms with E-state index in [-0.39, 0.29) is 17.1 Å². The van der Waals surface area contributed by atoms with Gasteiger partial charge in [-0.15, -0.1) is 0 Å². The highest BCUT2D eigenvalue weighted by Gasteiger charge is 2.29. The van der Waals surface area contributed by atoms with Gasteiger partial charge < -0.3 is 10.1 Å². The number of hydrogen-bond acceptors (Lipinski definition) is 5. The third-order valence-electron chi connectivity index (χ3n) is 2.99. The van der Waals surface area contributed by atoms with E-state index in [2.05, 4.69) is 5.32 Å². The minimum Gasteiger partial charge on any atom is -0.452 e.